The highest BCUT2D eigenvalue weighted by atomic mass is 32.2. The zero-order chi connectivity index (χ0) is 40.0. The number of ketones is 4. The molecule has 10 rings (SSSR count). The minimum absolute atomic E-state index is 0.104. The highest BCUT2D eigenvalue weighted by molar-refractivity contribution is 8.15. The summed E-state index contributed by atoms with van der Waals surface area (Å²) in [5.74, 6) is -4.31. The lowest BCUT2D eigenvalue weighted by molar-refractivity contribution is -0.138. The highest BCUT2D eigenvalue weighted by Crippen LogP contribution is 2.50. The molecule has 11 heteroatoms. The third-order valence-electron chi connectivity index (χ3n) is 11.6. The number of rotatable bonds is 6. The van der Waals surface area contributed by atoms with E-state index in [1.165, 1.54) is 11.8 Å². The van der Waals surface area contributed by atoms with Crippen LogP contribution in [0.3, 0.4) is 0 Å². The van der Waals surface area contributed by atoms with E-state index < -0.39 is 35.1 Å². The molecule has 57 heavy (non-hydrogen) atoms. The molecule has 6 heterocycles. The van der Waals surface area contributed by atoms with Gasteiger partial charge in [0.1, 0.15) is 5.78 Å². The number of carbonyl (C=O) groups is 6. The number of allylic oxidation sites excluding steroid dienone is 9. The summed E-state index contributed by atoms with van der Waals surface area (Å²) in [6.07, 6.45) is 13.5. The molecule has 0 aromatic carbocycles. The SMILES string of the molecule is C=C1C(=O)SC(C)c2c1c1cc3nc(cc4[nH]c(cc5nc(cc2[nH]1)C1=C5C2C=CC1C(=O)C2=O)cc4C1C=CC(C)C(=O)C1)C(C(/C=C\C(C)C)C(=O)C=O)=C3. The zero-order valence-electron chi connectivity index (χ0n) is 31.7. The Hall–Kier alpha value is -6.07. The lowest BCUT2D eigenvalue weighted by Gasteiger charge is -2.30. The van der Waals surface area contributed by atoms with Crippen LogP contribution in [0.15, 0.2) is 73.4 Å². The Morgan fingerprint density at radius 2 is 1.54 bits per heavy atom. The van der Waals surface area contributed by atoms with Gasteiger partial charge >= 0.3 is 0 Å². The molecule has 10 bridgehead atoms. The van der Waals surface area contributed by atoms with Crippen molar-refractivity contribution in [1.29, 1.82) is 0 Å². The standard InChI is InChI=1S/C46H38N4O6S/c1-20(2)6-9-27(39(53)19-51)31-14-26-15-34-40-22(4)46(56)57-23(5)41(40)36(49-34)18-37-43-29-11-10-28(44(54)45(29)55)42(43)35(50-37)16-25-13-30(32(47-25)17-33(31)48-26)24-8-7-21(3)38(52)12-24/h6-11,13-21,23-24,27-29,47,49H,4,12H2,1-3,5H3/b9-6-,25-16?,26-15?,32-17?,33-17?,34-15?,35-16?,36-18?,37-18?. The fraction of sp³-hybridized carbons (Fsp3) is 0.261. The maximum atomic E-state index is 13.4. The molecule has 6 atom stereocenters. The first-order valence-electron chi connectivity index (χ1n) is 19.1. The molecule has 0 amide bonds. The van der Waals surface area contributed by atoms with Gasteiger partial charge in [-0.3, -0.25) is 28.8 Å². The molecule has 3 aromatic rings. The molecule has 3 aliphatic heterocycles. The van der Waals surface area contributed by atoms with Crippen molar-refractivity contribution in [2.24, 2.45) is 29.6 Å². The van der Waals surface area contributed by atoms with Crippen molar-refractivity contribution in [3.8, 4) is 0 Å². The molecule has 4 aliphatic carbocycles. The van der Waals surface area contributed by atoms with Gasteiger partial charge in [0.2, 0.25) is 22.5 Å². The first kappa shape index (κ1) is 36.6. The molecule has 0 saturated heterocycles. The molecule has 0 radical (unpaired) electrons. The van der Waals surface area contributed by atoms with Crippen LogP contribution >= 0.6 is 11.8 Å². The van der Waals surface area contributed by atoms with E-state index in [9.17, 15) is 28.8 Å². The number of nitrogens with zero attached hydrogens (tertiary/aromatic N) is 2. The summed E-state index contributed by atoms with van der Waals surface area (Å²) >= 11 is 1.17. The van der Waals surface area contributed by atoms with Crippen molar-refractivity contribution >= 4 is 96.7 Å². The van der Waals surface area contributed by atoms with Crippen LogP contribution in [0, 0.1) is 29.6 Å². The van der Waals surface area contributed by atoms with Gasteiger partial charge in [0.05, 0.1) is 40.5 Å². The van der Waals surface area contributed by atoms with Crippen LogP contribution in [0.25, 0.3) is 50.4 Å². The van der Waals surface area contributed by atoms with Crippen LogP contribution in [0.1, 0.15) is 84.7 Å². The second kappa shape index (κ2) is 13.5. The minimum atomic E-state index is -0.925. The number of nitrogens with one attached hydrogen (secondary N) is 2. The summed E-state index contributed by atoms with van der Waals surface area (Å²) in [7, 11) is 0. The number of aldehydes is 1. The van der Waals surface area contributed by atoms with Crippen LogP contribution in [0.4, 0.5) is 0 Å². The van der Waals surface area contributed by atoms with E-state index in [1.807, 2.05) is 76.3 Å². The number of Topliss-reactive ketones (excluding diaryl/α,β-unsaturated/α-hetero) is 4. The van der Waals surface area contributed by atoms with Gasteiger partial charge in [-0.05, 0) is 77.1 Å². The van der Waals surface area contributed by atoms with Crippen molar-refractivity contribution in [3.05, 3.63) is 113 Å². The molecular weight excluding hydrogens is 737 g/mol. The molecule has 10 nitrogen and oxygen atoms in total. The summed E-state index contributed by atoms with van der Waals surface area (Å²) in [5, 5.41) is -0.420. The van der Waals surface area contributed by atoms with Crippen LogP contribution in [0.5, 0.6) is 0 Å². The van der Waals surface area contributed by atoms with E-state index in [0.29, 0.717) is 79.0 Å². The normalized spacial score (nSPS) is 24.4. The summed E-state index contributed by atoms with van der Waals surface area (Å²) < 4.78 is 0. The maximum absolute atomic E-state index is 13.4. The summed E-state index contributed by atoms with van der Waals surface area (Å²) in [6, 6.07) is 9.36. The number of hydrogen-bond acceptors (Lipinski definition) is 9. The zero-order valence-corrected chi connectivity index (χ0v) is 32.5. The third-order valence-corrected chi connectivity index (χ3v) is 12.7. The number of H-pyrrole nitrogens is 2. The molecule has 2 N–H and O–H groups in total. The van der Waals surface area contributed by atoms with Crippen molar-refractivity contribution < 1.29 is 28.8 Å². The Morgan fingerprint density at radius 3 is 2.23 bits per heavy atom. The van der Waals surface area contributed by atoms with Crippen LogP contribution < -0.4 is 0 Å². The number of fused-ring (bicyclic) bond motifs is 12. The van der Waals surface area contributed by atoms with Crippen molar-refractivity contribution in [2.45, 2.75) is 45.3 Å². The van der Waals surface area contributed by atoms with Gasteiger partial charge < -0.3 is 9.97 Å². The van der Waals surface area contributed by atoms with Gasteiger partial charge in [0.15, 0.2) is 6.29 Å². The van der Waals surface area contributed by atoms with Gasteiger partial charge in [-0.1, -0.05) is 75.6 Å². The number of aromatic amines is 2. The Morgan fingerprint density at radius 1 is 0.842 bits per heavy atom. The van der Waals surface area contributed by atoms with Gasteiger partial charge in [-0.2, -0.15) is 0 Å². The molecule has 0 spiro atoms. The Labute approximate surface area is 332 Å². The Balaban J connectivity index is 1.40. The molecular formula is C46H38N4O6S. The van der Waals surface area contributed by atoms with Crippen molar-refractivity contribution in [1.82, 2.24) is 19.9 Å². The lowest BCUT2D eigenvalue weighted by atomic mass is 9.69. The summed E-state index contributed by atoms with van der Waals surface area (Å²) in [5.41, 5.74) is 9.03. The molecule has 0 fully saturated rings. The quantitative estimate of drug-likeness (QED) is 0.110. The van der Waals surface area contributed by atoms with Gasteiger partial charge in [0.25, 0.3) is 0 Å². The summed E-state index contributed by atoms with van der Waals surface area (Å²) in [6.45, 7) is 12.0. The fourth-order valence-corrected chi connectivity index (χ4v) is 9.74. The molecule has 3 aromatic heterocycles. The van der Waals surface area contributed by atoms with E-state index in [-0.39, 0.29) is 40.3 Å². The summed E-state index contributed by atoms with van der Waals surface area (Å²) in [4.78, 5) is 95.7. The Bertz CT molecular complexity index is 2770. The largest absolute Gasteiger partial charge is 0.355 e. The molecule has 6 unspecified atom stereocenters. The number of thioether (sulfide) groups is 1. The molecule has 0 saturated carbocycles. The minimum Gasteiger partial charge on any atom is -0.355 e. The van der Waals surface area contributed by atoms with E-state index in [4.69, 9.17) is 9.97 Å². The second-order valence-electron chi connectivity index (χ2n) is 15.8. The van der Waals surface area contributed by atoms with Crippen LogP contribution in [-0.4, -0.2) is 54.5 Å². The topological polar surface area (TPSA) is 160 Å². The van der Waals surface area contributed by atoms with Crippen LogP contribution in [-0.2, 0) is 28.8 Å². The van der Waals surface area contributed by atoms with Gasteiger partial charge in [-0.25, -0.2) is 9.97 Å². The van der Waals surface area contributed by atoms with E-state index in [1.54, 1.807) is 24.3 Å². The first-order chi connectivity index (χ1) is 27.3. The Kier molecular flexibility index (Phi) is 8.69. The number of aromatic nitrogens is 4. The molecule has 7 aliphatic rings. The van der Waals surface area contributed by atoms with E-state index in [0.717, 1.165) is 11.1 Å². The van der Waals surface area contributed by atoms with Gasteiger partial charge in [-0.15, -0.1) is 0 Å². The van der Waals surface area contributed by atoms with Crippen molar-refractivity contribution in [3.63, 3.8) is 0 Å². The first-order valence-corrected chi connectivity index (χ1v) is 20.0. The predicted molar refractivity (Wildman–Crippen MR) is 221 cm³/mol. The van der Waals surface area contributed by atoms with E-state index >= 15 is 0 Å². The smallest absolute Gasteiger partial charge is 0.220 e. The monoisotopic (exact) mass is 774 g/mol. The fourth-order valence-electron chi connectivity index (χ4n) is 8.82. The number of carbonyl (C=O) groups excluding carboxylic acids is 6. The predicted octanol–water partition coefficient (Wildman–Crippen LogP) is 7.91. The van der Waals surface area contributed by atoms with Crippen LogP contribution in [0.2, 0.25) is 0 Å². The van der Waals surface area contributed by atoms with E-state index in [2.05, 4.69) is 16.5 Å². The molecule has 284 valence electrons. The van der Waals surface area contributed by atoms with Crippen molar-refractivity contribution in [2.75, 3.05) is 0 Å². The highest BCUT2D eigenvalue weighted by Gasteiger charge is 2.47. The average molecular weight is 775 g/mol. The third kappa shape index (κ3) is 5.94. The second-order valence-corrected chi connectivity index (χ2v) is 17.1. The lowest BCUT2D eigenvalue weighted by Crippen LogP contribution is -2.37. The average Bonchev–Trinajstić information content (AvgIpc) is 3.95. The van der Waals surface area contributed by atoms with Gasteiger partial charge in [0, 0.05) is 56.7 Å². The maximum Gasteiger partial charge on any atom is 0.220 e. The number of hydrogen-bond donors (Lipinski definition) is 2.